The van der Waals surface area contributed by atoms with Crippen LogP contribution < -0.4 is 0 Å². The van der Waals surface area contributed by atoms with Crippen molar-refractivity contribution in [1.29, 1.82) is 0 Å². The molecule has 2 unspecified atom stereocenters. The van der Waals surface area contributed by atoms with Gasteiger partial charge in [-0.05, 0) is 49.9 Å². The van der Waals surface area contributed by atoms with Crippen LogP contribution in [0.25, 0.3) is 0 Å². The normalized spacial score (nSPS) is 53.9. The van der Waals surface area contributed by atoms with E-state index >= 15 is 0 Å². The number of Topliss-reactive ketones (excluding diaryl/α,β-unsaturated/α-hetero) is 1. The van der Waals surface area contributed by atoms with Crippen LogP contribution in [-0.4, -0.2) is 5.78 Å². The third-order valence-electron chi connectivity index (χ3n) is 4.63. The lowest BCUT2D eigenvalue weighted by Gasteiger charge is -2.42. The van der Waals surface area contributed by atoms with Crippen LogP contribution in [0, 0.1) is 23.2 Å². The first-order valence-corrected chi connectivity index (χ1v) is 5.69. The Balaban J connectivity index is 2.02. The van der Waals surface area contributed by atoms with Crippen LogP contribution in [0.4, 0.5) is 0 Å². The van der Waals surface area contributed by atoms with Gasteiger partial charge in [-0.15, -0.1) is 0 Å². The largest absolute Gasteiger partial charge is 0.299 e. The van der Waals surface area contributed by atoms with Crippen LogP contribution in [0.2, 0.25) is 0 Å². The molecular weight excluding hydrogens is 160 g/mol. The molecule has 0 radical (unpaired) electrons. The van der Waals surface area contributed by atoms with Crippen LogP contribution >= 0.6 is 0 Å². The van der Waals surface area contributed by atoms with Crippen LogP contribution in [0.5, 0.6) is 0 Å². The molecule has 0 aromatic rings. The highest BCUT2D eigenvalue weighted by molar-refractivity contribution is 5.85. The predicted molar refractivity (Wildman–Crippen MR) is 51.3 cm³/mol. The van der Waals surface area contributed by atoms with Gasteiger partial charge in [0, 0.05) is 11.8 Å². The Hall–Kier alpha value is -0.330. The minimum absolute atomic E-state index is 0.0961. The van der Waals surface area contributed by atoms with Crippen molar-refractivity contribution in [3.8, 4) is 0 Å². The number of hydrogen-bond donors (Lipinski definition) is 0. The van der Waals surface area contributed by atoms with Gasteiger partial charge in [-0.3, -0.25) is 4.79 Å². The second-order valence-corrected chi connectivity index (χ2v) is 5.90. The van der Waals surface area contributed by atoms with Crippen LogP contribution in [-0.2, 0) is 4.79 Å². The van der Waals surface area contributed by atoms with Gasteiger partial charge in [0.25, 0.3) is 0 Å². The Bertz CT molecular complexity index is 242. The maximum absolute atomic E-state index is 12.0. The average molecular weight is 178 g/mol. The highest BCUT2D eigenvalue weighted by Crippen LogP contribution is 2.55. The Kier molecular flexibility index (Phi) is 1.46. The van der Waals surface area contributed by atoms with Crippen LogP contribution in [0.15, 0.2) is 0 Å². The Labute approximate surface area is 79.9 Å². The van der Waals surface area contributed by atoms with Gasteiger partial charge in [0.05, 0.1) is 0 Å². The maximum atomic E-state index is 12.0. The fourth-order valence-corrected chi connectivity index (χ4v) is 4.30. The molecule has 0 spiro atoms. The Morgan fingerprint density at radius 2 is 1.62 bits per heavy atom. The van der Waals surface area contributed by atoms with E-state index in [2.05, 4.69) is 6.92 Å². The molecule has 4 saturated carbocycles. The molecule has 4 aliphatic rings. The fourth-order valence-electron chi connectivity index (χ4n) is 4.30. The lowest BCUT2D eigenvalue weighted by atomic mass is 9.62. The fraction of sp³-hybridized carbons (Fsp3) is 0.917. The molecule has 2 atom stereocenters. The predicted octanol–water partition coefficient (Wildman–Crippen LogP) is 2.79. The van der Waals surface area contributed by atoms with Crippen molar-refractivity contribution in [3.63, 3.8) is 0 Å². The first-order valence-electron chi connectivity index (χ1n) is 5.69. The molecule has 0 aliphatic heterocycles. The molecule has 0 saturated heterocycles. The molecule has 1 heteroatoms. The summed E-state index contributed by atoms with van der Waals surface area (Å²) in [7, 11) is 0. The third kappa shape index (κ3) is 1.09. The zero-order valence-electron chi connectivity index (χ0n) is 8.38. The molecule has 0 N–H and O–H groups in total. The number of ketones is 1. The first-order chi connectivity index (χ1) is 6.16. The topological polar surface area (TPSA) is 17.1 Å². The molecule has 72 valence electrons. The molecule has 13 heavy (non-hydrogen) atoms. The first kappa shape index (κ1) is 8.02. The summed E-state index contributed by atoms with van der Waals surface area (Å²) in [5.41, 5.74) is 0.0961. The summed E-state index contributed by atoms with van der Waals surface area (Å²) >= 11 is 0. The Morgan fingerprint density at radius 1 is 1.08 bits per heavy atom. The van der Waals surface area contributed by atoms with Crippen molar-refractivity contribution in [2.75, 3.05) is 0 Å². The van der Waals surface area contributed by atoms with Crippen molar-refractivity contribution >= 4 is 5.78 Å². The van der Waals surface area contributed by atoms with Gasteiger partial charge in [-0.1, -0.05) is 6.92 Å². The highest BCUT2D eigenvalue weighted by atomic mass is 16.1. The van der Waals surface area contributed by atoms with Gasteiger partial charge in [-0.2, -0.15) is 0 Å². The standard InChI is InChI=1S/C12H18O/c1-12-6-9-2-8(5-11(12)13)3-10(4-9)7-12/h8-10H,2-7H2,1H3. The second kappa shape index (κ2) is 2.37. The van der Waals surface area contributed by atoms with E-state index in [0.29, 0.717) is 5.78 Å². The van der Waals surface area contributed by atoms with Crippen LogP contribution in [0.1, 0.15) is 45.4 Å². The minimum Gasteiger partial charge on any atom is -0.299 e. The monoisotopic (exact) mass is 178 g/mol. The molecule has 1 nitrogen and oxygen atoms in total. The average Bonchev–Trinajstić information content (AvgIpc) is 2.12. The van der Waals surface area contributed by atoms with Crippen molar-refractivity contribution in [1.82, 2.24) is 0 Å². The van der Waals surface area contributed by atoms with Gasteiger partial charge in [0.1, 0.15) is 5.78 Å². The third-order valence-corrected chi connectivity index (χ3v) is 4.63. The Morgan fingerprint density at radius 3 is 2.23 bits per heavy atom. The summed E-state index contributed by atoms with van der Waals surface area (Å²) in [5.74, 6) is 3.14. The second-order valence-electron chi connectivity index (χ2n) is 5.90. The number of carbonyl (C=O) groups is 1. The number of rotatable bonds is 0. The van der Waals surface area contributed by atoms with Crippen molar-refractivity contribution in [3.05, 3.63) is 0 Å². The molecule has 4 bridgehead atoms. The summed E-state index contributed by atoms with van der Waals surface area (Å²) in [5, 5.41) is 0. The highest BCUT2D eigenvalue weighted by Gasteiger charge is 2.49. The summed E-state index contributed by atoms with van der Waals surface area (Å²) in [6.07, 6.45) is 7.47. The number of carbonyl (C=O) groups excluding carboxylic acids is 1. The zero-order valence-corrected chi connectivity index (χ0v) is 8.38. The van der Waals surface area contributed by atoms with Crippen molar-refractivity contribution in [2.45, 2.75) is 45.4 Å². The summed E-state index contributed by atoms with van der Waals surface area (Å²) in [6, 6.07) is 0. The van der Waals surface area contributed by atoms with Gasteiger partial charge in [0.15, 0.2) is 0 Å². The van der Waals surface area contributed by atoms with E-state index in [1.54, 1.807) is 0 Å². The zero-order chi connectivity index (χ0) is 9.05. The molecule has 4 rings (SSSR count). The molecular formula is C12H18O. The lowest BCUT2D eigenvalue weighted by Crippen LogP contribution is -2.35. The maximum Gasteiger partial charge on any atom is 0.139 e. The van der Waals surface area contributed by atoms with E-state index in [0.717, 1.165) is 24.2 Å². The quantitative estimate of drug-likeness (QED) is 0.557. The molecule has 4 fully saturated rings. The van der Waals surface area contributed by atoms with E-state index in [-0.39, 0.29) is 5.41 Å². The minimum atomic E-state index is 0.0961. The lowest BCUT2D eigenvalue weighted by molar-refractivity contribution is -0.129. The van der Waals surface area contributed by atoms with E-state index < -0.39 is 0 Å². The molecule has 0 heterocycles. The van der Waals surface area contributed by atoms with Crippen LogP contribution in [0.3, 0.4) is 0 Å². The van der Waals surface area contributed by atoms with E-state index in [9.17, 15) is 4.79 Å². The molecule has 4 aliphatic carbocycles. The molecule has 0 aromatic carbocycles. The summed E-state index contributed by atoms with van der Waals surface area (Å²) in [4.78, 5) is 12.0. The summed E-state index contributed by atoms with van der Waals surface area (Å²) < 4.78 is 0. The van der Waals surface area contributed by atoms with E-state index in [1.807, 2.05) is 0 Å². The summed E-state index contributed by atoms with van der Waals surface area (Å²) in [6.45, 7) is 2.22. The molecule has 0 aromatic heterocycles. The number of hydrogen-bond acceptors (Lipinski definition) is 1. The molecule has 0 amide bonds. The van der Waals surface area contributed by atoms with Gasteiger partial charge < -0.3 is 0 Å². The van der Waals surface area contributed by atoms with Gasteiger partial charge >= 0.3 is 0 Å². The van der Waals surface area contributed by atoms with Gasteiger partial charge in [-0.25, -0.2) is 0 Å². The van der Waals surface area contributed by atoms with E-state index in [1.165, 1.54) is 32.1 Å². The number of fused-ring (bicyclic) bond motifs is 1. The van der Waals surface area contributed by atoms with Crippen molar-refractivity contribution < 1.29 is 4.79 Å². The van der Waals surface area contributed by atoms with Crippen molar-refractivity contribution in [2.24, 2.45) is 23.2 Å². The SMILES string of the molecule is CC12CC3CC(CC1=O)CC(C3)C2. The smallest absolute Gasteiger partial charge is 0.139 e. The van der Waals surface area contributed by atoms with E-state index in [4.69, 9.17) is 0 Å². The van der Waals surface area contributed by atoms with Gasteiger partial charge in [0.2, 0.25) is 0 Å².